The van der Waals surface area contributed by atoms with Gasteiger partial charge in [-0.25, -0.2) is 4.79 Å². The minimum absolute atomic E-state index is 0.0362. The number of rotatable bonds is 2. The van der Waals surface area contributed by atoms with Crippen LogP contribution in [0, 0.1) is 6.92 Å². The largest absolute Gasteiger partial charge is 0.465 e. The number of carbonyl (C=O) groups is 1. The molecule has 1 N–H and O–H groups in total. The summed E-state index contributed by atoms with van der Waals surface area (Å²) < 4.78 is 5.24. The fourth-order valence-corrected chi connectivity index (χ4v) is 2.44. The van der Waals surface area contributed by atoms with Crippen LogP contribution in [-0.2, 0) is 10.1 Å². The number of aromatic nitrogens is 1. The van der Waals surface area contributed by atoms with Crippen LogP contribution in [0.25, 0.3) is 0 Å². The van der Waals surface area contributed by atoms with Crippen molar-refractivity contribution in [3.63, 3.8) is 0 Å². The molecule has 0 spiro atoms. The van der Waals surface area contributed by atoms with E-state index in [2.05, 4.69) is 41.6 Å². The molecule has 1 rings (SSSR count). The molecule has 0 aliphatic carbocycles. The Kier molecular flexibility index (Phi) is 4.10. The minimum Gasteiger partial charge on any atom is -0.465 e. The zero-order chi connectivity index (χ0) is 11.6. The molecule has 0 atom stereocenters. The third-order valence-electron chi connectivity index (χ3n) is 1.98. The van der Waals surface area contributed by atoms with Crippen LogP contribution in [0.4, 0.5) is 0 Å². The average molecular weight is 339 g/mol. The molecule has 0 unspecified atom stereocenters. The van der Waals surface area contributed by atoms with Crippen molar-refractivity contribution >= 4 is 37.8 Å². The van der Waals surface area contributed by atoms with E-state index in [1.807, 2.05) is 0 Å². The standard InChI is InChI=1S/C9H9Br2NO3/c1-4-6(9(14)15-2)8(13)12-5(3-10)7(4)11/h3H2,1-2H3,(H,12,13). The molecular weight excluding hydrogens is 330 g/mol. The van der Waals surface area contributed by atoms with Crippen LogP contribution in [0.1, 0.15) is 21.6 Å². The van der Waals surface area contributed by atoms with Gasteiger partial charge < -0.3 is 9.72 Å². The molecule has 82 valence electrons. The second kappa shape index (κ2) is 4.94. The highest BCUT2D eigenvalue weighted by Gasteiger charge is 2.18. The monoisotopic (exact) mass is 337 g/mol. The van der Waals surface area contributed by atoms with E-state index >= 15 is 0 Å². The second-order valence-corrected chi connectivity index (χ2v) is 4.23. The first-order chi connectivity index (χ1) is 7.02. The molecule has 6 heteroatoms. The summed E-state index contributed by atoms with van der Waals surface area (Å²) in [6.07, 6.45) is 0. The molecule has 0 fully saturated rings. The first-order valence-electron chi connectivity index (χ1n) is 4.08. The van der Waals surface area contributed by atoms with E-state index in [0.29, 0.717) is 21.1 Å². The molecule has 1 aromatic heterocycles. The number of esters is 1. The van der Waals surface area contributed by atoms with Gasteiger partial charge in [-0.15, -0.1) is 0 Å². The van der Waals surface area contributed by atoms with Crippen molar-refractivity contribution in [1.82, 2.24) is 4.98 Å². The normalized spacial score (nSPS) is 10.1. The maximum Gasteiger partial charge on any atom is 0.343 e. The van der Waals surface area contributed by atoms with Gasteiger partial charge in [0.15, 0.2) is 0 Å². The van der Waals surface area contributed by atoms with E-state index < -0.39 is 11.5 Å². The number of ether oxygens (including phenoxy) is 1. The molecule has 0 saturated heterocycles. The van der Waals surface area contributed by atoms with Crippen LogP contribution in [0.15, 0.2) is 9.27 Å². The molecule has 0 aliphatic heterocycles. The molecule has 1 heterocycles. The summed E-state index contributed by atoms with van der Waals surface area (Å²) in [7, 11) is 1.24. The summed E-state index contributed by atoms with van der Waals surface area (Å²) in [6, 6.07) is 0. The van der Waals surface area contributed by atoms with Gasteiger partial charge >= 0.3 is 5.97 Å². The topological polar surface area (TPSA) is 59.2 Å². The number of hydrogen-bond donors (Lipinski definition) is 1. The number of pyridine rings is 1. The minimum atomic E-state index is -0.629. The number of carbonyl (C=O) groups excluding carboxylic acids is 1. The number of H-pyrrole nitrogens is 1. The Morgan fingerprint density at radius 1 is 1.53 bits per heavy atom. The van der Waals surface area contributed by atoms with Gasteiger partial charge in [-0.1, -0.05) is 15.9 Å². The number of nitrogens with one attached hydrogen (secondary N) is 1. The van der Waals surface area contributed by atoms with E-state index in [0.717, 1.165) is 0 Å². The number of alkyl halides is 1. The van der Waals surface area contributed by atoms with Crippen LogP contribution >= 0.6 is 31.9 Å². The van der Waals surface area contributed by atoms with Crippen LogP contribution in [0.5, 0.6) is 0 Å². The molecule has 4 nitrogen and oxygen atoms in total. The third kappa shape index (κ3) is 2.31. The quantitative estimate of drug-likeness (QED) is 0.663. The van der Waals surface area contributed by atoms with E-state index in [1.54, 1.807) is 6.92 Å². The van der Waals surface area contributed by atoms with Gasteiger partial charge in [-0.2, -0.15) is 0 Å². The summed E-state index contributed by atoms with van der Waals surface area (Å²) in [5.74, 6) is -0.629. The van der Waals surface area contributed by atoms with E-state index in [-0.39, 0.29) is 5.56 Å². The van der Waals surface area contributed by atoms with Crippen LogP contribution in [-0.4, -0.2) is 18.1 Å². The third-order valence-corrected chi connectivity index (χ3v) is 3.62. The van der Waals surface area contributed by atoms with E-state index in [1.165, 1.54) is 7.11 Å². The van der Waals surface area contributed by atoms with Gasteiger partial charge in [0.2, 0.25) is 0 Å². The lowest BCUT2D eigenvalue weighted by molar-refractivity contribution is 0.0597. The molecule has 0 saturated carbocycles. The van der Waals surface area contributed by atoms with Gasteiger partial charge in [0.1, 0.15) is 5.56 Å². The van der Waals surface area contributed by atoms with Gasteiger partial charge in [0, 0.05) is 15.5 Å². The predicted molar refractivity (Wildman–Crippen MR) is 63.5 cm³/mol. The highest BCUT2D eigenvalue weighted by Crippen LogP contribution is 2.22. The molecule has 0 bridgehead atoms. The van der Waals surface area contributed by atoms with E-state index in [9.17, 15) is 9.59 Å². The van der Waals surface area contributed by atoms with Crippen molar-refractivity contribution in [3.8, 4) is 0 Å². The Bertz CT molecular complexity index is 453. The van der Waals surface area contributed by atoms with Crippen molar-refractivity contribution in [2.24, 2.45) is 0 Å². The molecular formula is C9H9Br2NO3. The summed E-state index contributed by atoms with van der Waals surface area (Å²) in [5.41, 5.74) is 0.885. The van der Waals surface area contributed by atoms with Gasteiger partial charge in [-0.3, -0.25) is 4.79 Å². The predicted octanol–water partition coefficient (Wildman–Crippen LogP) is 2.13. The lowest BCUT2D eigenvalue weighted by Gasteiger charge is -2.08. The van der Waals surface area contributed by atoms with Crippen molar-refractivity contribution in [2.45, 2.75) is 12.3 Å². The van der Waals surface area contributed by atoms with Gasteiger partial charge in [0.05, 0.1) is 7.11 Å². The van der Waals surface area contributed by atoms with Crippen LogP contribution in [0.3, 0.4) is 0 Å². The lowest BCUT2D eigenvalue weighted by Crippen LogP contribution is -2.22. The summed E-state index contributed by atoms with van der Waals surface area (Å²) in [6.45, 7) is 1.69. The molecule has 0 amide bonds. The Hall–Kier alpha value is -0.620. The van der Waals surface area contributed by atoms with Crippen LogP contribution in [0.2, 0.25) is 0 Å². The SMILES string of the molecule is COC(=O)c1c(C)c(Br)c(CBr)[nH]c1=O. The van der Waals surface area contributed by atoms with Crippen molar-refractivity contribution < 1.29 is 9.53 Å². The van der Waals surface area contributed by atoms with Crippen molar-refractivity contribution in [2.75, 3.05) is 7.11 Å². The average Bonchev–Trinajstić information content (AvgIpc) is 2.23. The Morgan fingerprint density at radius 3 is 2.60 bits per heavy atom. The van der Waals surface area contributed by atoms with Gasteiger partial charge in [-0.05, 0) is 28.4 Å². The Morgan fingerprint density at radius 2 is 2.13 bits per heavy atom. The Labute approximate surface area is 103 Å². The maximum atomic E-state index is 11.6. The first kappa shape index (κ1) is 12.4. The number of hydrogen-bond acceptors (Lipinski definition) is 3. The summed E-state index contributed by atoms with van der Waals surface area (Å²) in [4.78, 5) is 25.5. The Balaban J connectivity index is 3.50. The molecule has 15 heavy (non-hydrogen) atoms. The fraction of sp³-hybridized carbons (Fsp3) is 0.333. The molecule has 0 aromatic carbocycles. The molecule has 0 aliphatic rings. The number of aromatic amines is 1. The first-order valence-corrected chi connectivity index (χ1v) is 5.99. The second-order valence-electron chi connectivity index (χ2n) is 2.87. The van der Waals surface area contributed by atoms with Crippen molar-refractivity contribution in [1.29, 1.82) is 0 Å². The smallest absolute Gasteiger partial charge is 0.343 e. The number of methoxy groups -OCH3 is 1. The fourth-order valence-electron chi connectivity index (χ4n) is 1.20. The summed E-state index contributed by atoms with van der Waals surface area (Å²) >= 11 is 6.55. The lowest BCUT2D eigenvalue weighted by atomic mass is 10.1. The molecule has 1 aromatic rings. The van der Waals surface area contributed by atoms with E-state index in [4.69, 9.17) is 0 Å². The maximum absolute atomic E-state index is 11.6. The van der Waals surface area contributed by atoms with Crippen molar-refractivity contribution in [3.05, 3.63) is 31.6 Å². The number of halogens is 2. The highest BCUT2D eigenvalue weighted by molar-refractivity contribution is 9.10. The summed E-state index contributed by atoms with van der Waals surface area (Å²) in [5, 5.41) is 0.505. The molecule has 0 radical (unpaired) electrons. The zero-order valence-corrected chi connectivity index (χ0v) is 11.4. The van der Waals surface area contributed by atoms with Gasteiger partial charge in [0.25, 0.3) is 5.56 Å². The zero-order valence-electron chi connectivity index (χ0n) is 8.19. The highest BCUT2D eigenvalue weighted by atomic mass is 79.9. The van der Waals surface area contributed by atoms with Crippen LogP contribution < -0.4 is 5.56 Å².